The number of amides is 2. The van der Waals surface area contributed by atoms with Gasteiger partial charge in [-0.25, -0.2) is 9.87 Å². The Kier molecular flexibility index (Phi) is 5.96. The summed E-state index contributed by atoms with van der Waals surface area (Å²) in [6.07, 6.45) is 1.20. The summed E-state index contributed by atoms with van der Waals surface area (Å²) in [4.78, 5) is 31.6. The summed E-state index contributed by atoms with van der Waals surface area (Å²) in [6.45, 7) is 1.27. The third-order valence-corrected chi connectivity index (χ3v) is 4.50. The number of carbonyl (C=O) groups is 2. The van der Waals surface area contributed by atoms with E-state index in [0.29, 0.717) is 31.5 Å². The zero-order valence-electron chi connectivity index (χ0n) is 14.4. The number of rotatable bonds is 5. The molecule has 1 heterocycles. The van der Waals surface area contributed by atoms with Crippen LogP contribution in [-0.2, 0) is 16.2 Å². The highest BCUT2D eigenvalue weighted by atomic mass is 19.1. The van der Waals surface area contributed by atoms with Crippen molar-refractivity contribution in [2.75, 3.05) is 13.1 Å². The smallest absolute Gasteiger partial charge is 0.253 e. The topological polar surface area (TPSA) is 58.6 Å². The monoisotopic (exact) mass is 356 g/mol. The molecule has 1 fully saturated rings. The molecule has 0 atom stereocenters. The fourth-order valence-corrected chi connectivity index (χ4v) is 2.96. The Morgan fingerprint density at radius 1 is 1.04 bits per heavy atom. The molecule has 2 aromatic rings. The Bertz CT molecular complexity index is 741. The van der Waals surface area contributed by atoms with Gasteiger partial charge in [-0.05, 0) is 42.7 Å². The molecular weight excluding hydrogens is 335 g/mol. The Labute approximate surface area is 151 Å². The zero-order chi connectivity index (χ0) is 18.4. The first kappa shape index (κ1) is 18.1. The number of carbonyl (C=O) groups excluding carboxylic acids is 2. The lowest BCUT2D eigenvalue weighted by molar-refractivity contribution is -0.140. The van der Waals surface area contributed by atoms with Crippen LogP contribution in [0.1, 0.15) is 28.8 Å². The fourth-order valence-electron chi connectivity index (χ4n) is 2.96. The summed E-state index contributed by atoms with van der Waals surface area (Å²) < 4.78 is 12.8. The van der Waals surface area contributed by atoms with Crippen molar-refractivity contribution in [2.45, 2.75) is 19.4 Å². The van der Waals surface area contributed by atoms with Crippen molar-refractivity contribution in [2.24, 2.45) is 5.92 Å². The lowest BCUT2D eigenvalue weighted by Gasteiger charge is -2.31. The van der Waals surface area contributed by atoms with Crippen LogP contribution in [0.4, 0.5) is 4.39 Å². The molecule has 0 aliphatic carbocycles. The van der Waals surface area contributed by atoms with Crippen molar-refractivity contribution in [3.8, 4) is 0 Å². The van der Waals surface area contributed by atoms with Gasteiger partial charge in [0.05, 0.1) is 6.61 Å². The Balaban J connectivity index is 1.42. The van der Waals surface area contributed by atoms with Crippen LogP contribution in [0.15, 0.2) is 54.6 Å². The summed E-state index contributed by atoms with van der Waals surface area (Å²) in [6, 6.07) is 15.1. The average Bonchev–Trinajstić information content (AvgIpc) is 2.69. The molecule has 0 unspecified atom stereocenters. The average molecular weight is 356 g/mol. The number of piperidine rings is 1. The van der Waals surface area contributed by atoms with Gasteiger partial charge in [0.2, 0.25) is 5.91 Å². The SMILES string of the molecule is O=C(NOCc1ccc(F)cc1)C1CCN(C(=O)c2ccccc2)CC1. The van der Waals surface area contributed by atoms with E-state index < -0.39 is 0 Å². The summed E-state index contributed by atoms with van der Waals surface area (Å²) in [7, 11) is 0. The fraction of sp³-hybridized carbons (Fsp3) is 0.300. The maximum Gasteiger partial charge on any atom is 0.253 e. The van der Waals surface area contributed by atoms with Crippen LogP contribution >= 0.6 is 0 Å². The van der Waals surface area contributed by atoms with E-state index in [1.165, 1.54) is 12.1 Å². The van der Waals surface area contributed by atoms with Gasteiger partial charge in [0.1, 0.15) is 5.82 Å². The van der Waals surface area contributed by atoms with E-state index in [4.69, 9.17) is 4.84 Å². The molecule has 1 saturated heterocycles. The largest absolute Gasteiger partial charge is 0.339 e. The third kappa shape index (κ3) is 4.67. The van der Waals surface area contributed by atoms with Gasteiger partial charge >= 0.3 is 0 Å². The van der Waals surface area contributed by atoms with Crippen LogP contribution in [0.5, 0.6) is 0 Å². The van der Waals surface area contributed by atoms with Gasteiger partial charge in [0, 0.05) is 24.6 Å². The van der Waals surface area contributed by atoms with Gasteiger partial charge in [-0.15, -0.1) is 0 Å². The molecular formula is C20H21FN2O3. The van der Waals surface area contributed by atoms with Crippen molar-refractivity contribution in [3.05, 3.63) is 71.5 Å². The molecule has 1 aliphatic rings. The van der Waals surface area contributed by atoms with E-state index >= 15 is 0 Å². The number of hydrogen-bond donors (Lipinski definition) is 1. The summed E-state index contributed by atoms with van der Waals surface area (Å²) in [5.41, 5.74) is 3.89. The molecule has 0 radical (unpaired) electrons. The molecule has 0 saturated carbocycles. The highest BCUT2D eigenvalue weighted by Gasteiger charge is 2.27. The van der Waals surface area contributed by atoms with E-state index in [9.17, 15) is 14.0 Å². The van der Waals surface area contributed by atoms with Crippen molar-refractivity contribution in [3.63, 3.8) is 0 Å². The van der Waals surface area contributed by atoms with E-state index in [1.54, 1.807) is 29.2 Å². The lowest BCUT2D eigenvalue weighted by Crippen LogP contribution is -2.43. The number of hydrogen-bond acceptors (Lipinski definition) is 3. The molecule has 0 bridgehead atoms. The molecule has 3 rings (SSSR count). The number of hydroxylamine groups is 1. The number of nitrogens with one attached hydrogen (secondary N) is 1. The van der Waals surface area contributed by atoms with Crippen molar-refractivity contribution in [1.29, 1.82) is 0 Å². The minimum atomic E-state index is -0.311. The Morgan fingerprint density at radius 2 is 1.69 bits per heavy atom. The number of nitrogens with zero attached hydrogens (tertiary/aromatic N) is 1. The first-order valence-electron chi connectivity index (χ1n) is 8.64. The number of halogens is 1. The molecule has 5 nitrogen and oxygen atoms in total. The maximum absolute atomic E-state index is 12.8. The first-order chi connectivity index (χ1) is 12.6. The van der Waals surface area contributed by atoms with Crippen molar-refractivity contribution < 1.29 is 18.8 Å². The van der Waals surface area contributed by atoms with Gasteiger partial charge in [-0.2, -0.15) is 0 Å². The molecule has 1 aliphatic heterocycles. The minimum absolute atomic E-state index is 0.00276. The molecule has 26 heavy (non-hydrogen) atoms. The quantitative estimate of drug-likeness (QED) is 0.838. The molecule has 0 aromatic heterocycles. The number of benzene rings is 2. The standard InChI is InChI=1S/C20H21FN2O3/c21-18-8-6-15(7-9-18)14-26-22-19(24)16-10-12-23(13-11-16)20(25)17-4-2-1-3-5-17/h1-9,16H,10-14H2,(H,22,24). The normalized spacial score (nSPS) is 14.9. The van der Waals surface area contributed by atoms with Gasteiger partial charge in [-0.3, -0.25) is 14.4 Å². The second-order valence-electron chi connectivity index (χ2n) is 6.31. The van der Waals surface area contributed by atoms with Crippen LogP contribution in [-0.4, -0.2) is 29.8 Å². The molecule has 6 heteroatoms. The van der Waals surface area contributed by atoms with Crippen LogP contribution in [0.2, 0.25) is 0 Å². The second kappa shape index (κ2) is 8.58. The summed E-state index contributed by atoms with van der Waals surface area (Å²) in [5.74, 6) is -0.673. The van der Waals surface area contributed by atoms with Crippen LogP contribution in [0.25, 0.3) is 0 Å². The highest BCUT2D eigenvalue weighted by molar-refractivity contribution is 5.94. The lowest BCUT2D eigenvalue weighted by atomic mass is 9.96. The highest BCUT2D eigenvalue weighted by Crippen LogP contribution is 2.19. The van der Waals surface area contributed by atoms with E-state index in [2.05, 4.69) is 5.48 Å². The van der Waals surface area contributed by atoms with Crippen LogP contribution < -0.4 is 5.48 Å². The second-order valence-corrected chi connectivity index (χ2v) is 6.31. The first-order valence-corrected chi connectivity index (χ1v) is 8.64. The molecule has 0 spiro atoms. The van der Waals surface area contributed by atoms with Crippen LogP contribution in [0, 0.1) is 11.7 Å². The minimum Gasteiger partial charge on any atom is -0.339 e. The van der Waals surface area contributed by atoms with E-state index in [1.807, 2.05) is 18.2 Å². The van der Waals surface area contributed by atoms with Crippen molar-refractivity contribution >= 4 is 11.8 Å². The van der Waals surface area contributed by atoms with Gasteiger partial charge < -0.3 is 4.90 Å². The predicted octanol–water partition coefficient (Wildman–Crippen LogP) is 2.93. The molecule has 2 aromatic carbocycles. The van der Waals surface area contributed by atoms with Gasteiger partial charge in [0.15, 0.2) is 0 Å². The summed E-state index contributed by atoms with van der Waals surface area (Å²) in [5, 5.41) is 0. The zero-order valence-corrected chi connectivity index (χ0v) is 14.4. The Morgan fingerprint density at radius 3 is 2.35 bits per heavy atom. The third-order valence-electron chi connectivity index (χ3n) is 4.50. The van der Waals surface area contributed by atoms with E-state index in [-0.39, 0.29) is 30.2 Å². The molecule has 1 N–H and O–H groups in total. The number of likely N-dealkylation sites (tertiary alicyclic amines) is 1. The molecule has 136 valence electrons. The summed E-state index contributed by atoms with van der Waals surface area (Å²) >= 11 is 0. The van der Waals surface area contributed by atoms with Gasteiger partial charge in [-0.1, -0.05) is 30.3 Å². The maximum atomic E-state index is 12.8. The predicted molar refractivity (Wildman–Crippen MR) is 94.4 cm³/mol. The van der Waals surface area contributed by atoms with E-state index in [0.717, 1.165) is 5.56 Å². The van der Waals surface area contributed by atoms with Gasteiger partial charge in [0.25, 0.3) is 5.91 Å². The Hall–Kier alpha value is -2.73. The van der Waals surface area contributed by atoms with Crippen molar-refractivity contribution in [1.82, 2.24) is 10.4 Å². The molecule has 2 amide bonds. The van der Waals surface area contributed by atoms with Crippen LogP contribution in [0.3, 0.4) is 0 Å².